The molecule has 0 saturated carbocycles. The van der Waals surface area contributed by atoms with Crippen molar-refractivity contribution in [2.45, 2.75) is 18.2 Å². The maximum absolute atomic E-state index is 12.1. The molecule has 5 heteroatoms. The summed E-state index contributed by atoms with van der Waals surface area (Å²) >= 11 is 15.5. The van der Waals surface area contributed by atoms with Crippen LogP contribution < -0.4 is 0 Å². The van der Waals surface area contributed by atoms with Crippen molar-refractivity contribution in [1.82, 2.24) is 4.90 Å². The fraction of sp³-hybridized carbons (Fsp3) is 0.417. The Morgan fingerprint density at radius 1 is 1.35 bits per heavy atom. The molecule has 2 nitrogen and oxygen atoms in total. The van der Waals surface area contributed by atoms with E-state index in [0.717, 1.165) is 36.0 Å². The van der Waals surface area contributed by atoms with Gasteiger partial charge in [0.15, 0.2) is 0 Å². The Hall–Kier alpha value is -0.250. The van der Waals surface area contributed by atoms with E-state index in [2.05, 4.69) is 15.9 Å². The molecular formula is C12H12BrCl2NO. The third-order valence-corrected chi connectivity index (χ3v) is 4.21. The lowest BCUT2D eigenvalue weighted by Crippen LogP contribution is -2.30. The van der Waals surface area contributed by atoms with E-state index >= 15 is 0 Å². The number of nitrogens with zero attached hydrogens (tertiary/aromatic N) is 1. The largest absolute Gasteiger partial charge is 0.341 e. The Balaban J connectivity index is 2.18. The van der Waals surface area contributed by atoms with Crippen LogP contribution in [0.3, 0.4) is 0 Å². The average Bonchev–Trinajstić information content (AvgIpc) is 2.80. The fourth-order valence-corrected chi connectivity index (χ4v) is 3.31. The molecule has 0 aromatic heterocycles. The van der Waals surface area contributed by atoms with Crippen LogP contribution in [0.4, 0.5) is 0 Å². The van der Waals surface area contributed by atoms with Gasteiger partial charge in [-0.2, -0.15) is 0 Å². The molecule has 1 aliphatic rings. The molecule has 0 bridgehead atoms. The Morgan fingerprint density at radius 3 is 2.59 bits per heavy atom. The summed E-state index contributed by atoms with van der Waals surface area (Å²) in [6.45, 7) is 1.63. The number of hydrogen-bond donors (Lipinski definition) is 0. The third-order valence-electron chi connectivity index (χ3n) is 2.87. The molecule has 92 valence electrons. The maximum atomic E-state index is 12.1. The van der Waals surface area contributed by atoms with Crippen molar-refractivity contribution >= 4 is 45.0 Å². The first-order valence-corrected chi connectivity index (χ1v) is 7.08. The molecule has 1 amide bonds. The highest BCUT2D eigenvalue weighted by molar-refractivity contribution is 9.10. The number of hydrogen-bond acceptors (Lipinski definition) is 1. The van der Waals surface area contributed by atoms with E-state index in [0.29, 0.717) is 5.02 Å². The monoisotopic (exact) mass is 335 g/mol. The molecule has 0 aliphatic carbocycles. The van der Waals surface area contributed by atoms with Gasteiger partial charge in [0.1, 0.15) is 5.38 Å². The molecule has 17 heavy (non-hydrogen) atoms. The molecule has 1 fully saturated rings. The molecule has 1 atom stereocenters. The van der Waals surface area contributed by atoms with Crippen LogP contribution in [0.5, 0.6) is 0 Å². The van der Waals surface area contributed by atoms with Gasteiger partial charge < -0.3 is 4.90 Å². The van der Waals surface area contributed by atoms with Crippen LogP contribution in [-0.2, 0) is 4.79 Å². The molecule has 0 N–H and O–H groups in total. The SMILES string of the molecule is O=C(C(Cl)c1ccc(Cl)cc1Br)N1CCCC1. The predicted octanol–water partition coefficient (Wildman–Crippen LogP) is 4.00. The van der Waals surface area contributed by atoms with Gasteiger partial charge in [0, 0.05) is 22.6 Å². The zero-order valence-electron chi connectivity index (χ0n) is 9.13. The summed E-state index contributed by atoms with van der Waals surface area (Å²) in [5, 5.41) is -0.0159. The lowest BCUT2D eigenvalue weighted by atomic mass is 10.1. The van der Waals surface area contributed by atoms with E-state index in [4.69, 9.17) is 23.2 Å². The molecule has 1 unspecified atom stereocenters. The number of amides is 1. The zero-order chi connectivity index (χ0) is 12.4. The Labute approximate surface area is 119 Å². The summed E-state index contributed by atoms with van der Waals surface area (Å²) in [6, 6.07) is 5.29. The van der Waals surface area contributed by atoms with E-state index in [-0.39, 0.29) is 5.91 Å². The molecule has 2 rings (SSSR count). The summed E-state index contributed by atoms with van der Waals surface area (Å²) in [5.41, 5.74) is 0.771. The van der Waals surface area contributed by atoms with Gasteiger partial charge in [-0.15, -0.1) is 11.6 Å². The van der Waals surface area contributed by atoms with Crippen LogP contribution >= 0.6 is 39.1 Å². The second-order valence-corrected chi connectivity index (χ2v) is 5.79. The second kappa shape index (κ2) is 5.59. The van der Waals surface area contributed by atoms with Gasteiger partial charge in [0.25, 0.3) is 0 Å². The Morgan fingerprint density at radius 2 is 2.00 bits per heavy atom. The molecule has 1 saturated heterocycles. The van der Waals surface area contributed by atoms with E-state index in [1.807, 2.05) is 4.90 Å². The van der Waals surface area contributed by atoms with Crippen LogP contribution in [0, 0.1) is 0 Å². The molecule has 1 aliphatic heterocycles. The first kappa shape index (κ1) is 13.2. The summed E-state index contributed by atoms with van der Waals surface area (Å²) in [7, 11) is 0. The molecule has 1 heterocycles. The van der Waals surface area contributed by atoms with Crippen LogP contribution in [0.15, 0.2) is 22.7 Å². The van der Waals surface area contributed by atoms with Crippen LogP contribution in [-0.4, -0.2) is 23.9 Å². The summed E-state index contributed by atoms with van der Waals surface area (Å²) < 4.78 is 0.776. The minimum Gasteiger partial charge on any atom is -0.341 e. The van der Waals surface area contributed by atoms with Gasteiger partial charge in [0.2, 0.25) is 5.91 Å². The standard InChI is InChI=1S/C12H12BrCl2NO/c13-10-7-8(14)3-4-9(10)11(15)12(17)16-5-1-2-6-16/h3-4,7,11H,1-2,5-6H2. The van der Waals surface area contributed by atoms with E-state index in [1.54, 1.807) is 18.2 Å². The van der Waals surface area contributed by atoms with Gasteiger partial charge in [0.05, 0.1) is 0 Å². The average molecular weight is 337 g/mol. The van der Waals surface area contributed by atoms with Crippen molar-refractivity contribution < 1.29 is 4.79 Å². The summed E-state index contributed by atoms with van der Waals surface area (Å²) in [6.07, 6.45) is 2.13. The first-order valence-electron chi connectivity index (χ1n) is 5.47. The third kappa shape index (κ3) is 2.95. The van der Waals surface area contributed by atoms with Crippen molar-refractivity contribution in [2.24, 2.45) is 0 Å². The van der Waals surface area contributed by atoms with Gasteiger partial charge >= 0.3 is 0 Å². The summed E-state index contributed by atoms with van der Waals surface area (Å²) in [5.74, 6) is -0.0211. The van der Waals surface area contributed by atoms with Crippen molar-refractivity contribution in [2.75, 3.05) is 13.1 Å². The normalized spacial score (nSPS) is 17.2. The number of halogens is 3. The van der Waals surface area contributed by atoms with Gasteiger partial charge in [-0.05, 0) is 30.5 Å². The molecule has 1 aromatic rings. The molecule has 1 aromatic carbocycles. The van der Waals surface area contributed by atoms with Crippen LogP contribution in [0.1, 0.15) is 23.8 Å². The van der Waals surface area contributed by atoms with Crippen molar-refractivity contribution in [1.29, 1.82) is 0 Å². The highest BCUT2D eigenvalue weighted by atomic mass is 79.9. The summed E-state index contributed by atoms with van der Waals surface area (Å²) in [4.78, 5) is 13.9. The zero-order valence-corrected chi connectivity index (χ0v) is 12.2. The number of benzene rings is 1. The van der Waals surface area contributed by atoms with Crippen molar-refractivity contribution in [3.05, 3.63) is 33.3 Å². The molecule has 0 radical (unpaired) electrons. The second-order valence-electron chi connectivity index (χ2n) is 4.06. The Kier molecular flexibility index (Phi) is 4.34. The first-order chi connectivity index (χ1) is 8.09. The molecular weight excluding hydrogens is 325 g/mol. The molecule has 0 spiro atoms. The van der Waals surface area contributed by atoms with Crippen molar-refractivity contribution in [3.8, 4) is 0 Å². The smallest absolute Gasteiger partial charge is 0.245 e. The highest BCUT2D eigenvalue weighted by Crippen LogP contribution is 2.32. The fourth-order valence-electron chi connectivity index (χ4n) is 1.94. The lowest BCUT2D eigenvalue weighted by molar-refractivity contribution is -0.129. The Bertz CT molecular complexity index is 433. The van der Waals surface area contributed by atoms with Gasteiger partial charge in [-0.3, -0.25) is 4.79 Å². The van der Waals surface area contributed by atoms with Gasteiger partial charge in [-0.1, -0.05) is 33.6 Å². The number of alkyl halides is 1. The predicted molar refractivity (Wildman–Crippen MR) is 73.6 cm³/mol. The van der Waals surface area contributed by atoms with E-state index in [1.165, 1.54) is 0 Å². The quantitative estimate of drug-likeness (QED) is 0.747. The van der Waals surface area contributed by atoms with Gasteiger partial charge in [-0.25, -0.2) is 0 Å². The number of likely N-dealkylation sites (tertiary alicyclic amines) is 1. The van der Waals surface area contributed by atoms with E-state index in [9.17, 15) is 4.79 Å². The number of rotatable bonds is 2. The van der Waals surface area contributed by atoms with E-state index < -0.39 is 5.38 Å². The lowest BCUT2D eigenvalue weighted by Gasteiger charge is -2.19. The van der Waals surface area contributed by atoms with Crippen LogP contribution in [0.25, 0.3) is 0 Å². The number of carbonyl (C=O) groups is 1. The number of carbonyl (C=O) groups excluding carboxylic acids is 1. The maximum Gasteiger partial charge on any atom is 0.245 e. The van der Waals surface area contributed by atoms with Crippen molar-refractivity contribution in [3.63, 3.8) is 0 Å². The minimum absolute atomic E-state index is 0.0211. The minimum atomic E-state index is -0.639. The highest BCUT2D eigenvalue weighted by Gasteiger charge is 2.27. The van der Waals surface area contributed by atoms with Crippen LogP contribution in [0.2, 0.25) is 5.02 Å². The topological polar surface area (TPSA) is 20.3 Å².